The van der Waals surface area contributed by atoms with Gasteiger partial charge in [-0.05, 0) is 54.4 Å². The number of methoxy groups -OCH3 is 1. The number of phenolic OH excluding ortho intramolecular Hbond substituents is 1. The maximum atomic E-state index is 13.3. The Labute approximate surface area is 157 Å². The zero-order chi connectivity index (χ0) is 19.0. The third kappa shape index (κ3) is 2.97. The molecule has 1 amide bonds. The molecule has 0 saturated carbocycles. The van der Waals surface area contributed by atoms with E-state index in [-0.39, 0.29) is 11.7 Å². The van der Waals surface area contributed by atoms with Crippen LogP contribution in [0.4, 0.5) is 11.4 Å². The summed E-state index contributed by atoms with van der Waals surface area (Å²) < 4.78 is 5.25. The molecule has 3 aromatic carbocycles. The van der Waals surface area contributed by atoms with Gasteiger partial charge in [-0.1, -0.05) is 30.3 Å². The van der Waals surface area contributed by atoms with E-state index in [1.54, 1.807) is 23.1 Å². The highest BCUT2D eigenvalue weighted by atomic mass is 16.5. The molecular formula is C22H20N2O3. The molecule has 1 aliphatic rings. The van der Waals surface area contributed by atoms with Gasteiger partial charge in [-0.3, -0.25) is 9.69 Å². The maximum absolute atomic E-state index is 13.3. The smallest absolute Gasteiger partial charge is 0.262 e. The van der Waals surface area contributed by atoms with E-state index in [1.165, 1.54) is 7.11 Å². The Morgan fingerprint density at radius 1 is 1.04 bits per heavy atom. The van der Waals surface area contributed by atoms with Gasteiger partial charge < -0.3 is 15.2 Å². The normalized spacial score (nSPS) is 15.9. The molecule has 1 heterocycles. The first kappa shape index (κ1) is 17.0. The second-order valence-electron chi connectivity index (χ2n) is 6.54. The molecule has 2 N–H and O–H groups in total. The number of nitrogens with one attached hydrogen (secondary N) is 1. The summed E-state index contributed by atoms with van der Waals surface area (Å²) in [7, 11) is 1.51. The van der Waals surface area contributed by atoms with Gasteiger partial charge in [0, 0.05) is 11.4 Å². The van der Waals surface area contributed by atoms with Crippen molar-refractivity contribution in [2.45, 2.75) is 13.1 Å². The zero-order valence-corrected chi connectivity index (χ0v) is 15.1. The first-order valence-electron chi connectivity index (χ1n) is 8.71. The van der Waals surface area contributed by atoms with Crippen LogP contribution >= 0.6 is 0 Å². The van der Waals surface area contributed by atoms with Gasteiger partial charge in [0.15, 0.2) is 11.5 Å². The third-order valence-corrected chi connectivity index (χ3v) is 4.73. The number of fused-ring (bicyclic) bond motifs is 1. The van der Waals surface area contributed by atoms with Crippen molar-refractivity contribution in [2.75, 3.05) is 17.3 Å². The van der Waals surface area contributed by atoms with Crippen LogP contribution in [0.2, 0.25) is 0 Å². The van der Waals surface area contributed by atoms with E-state index in [4.69, 9.17) is 4.74 Å². The van der Waals surface area contributed by atoms with Gasteiger partial charge in [0.2, 0.25) is 0 Å². The van der Waals surface area contributed by atoms with Crippen LogP contribution < -0.4 is 15.0 Å². The Morgan fingerprint density at radius 3 is 2.63 bits per heavy atom. The summed E-state index contributed by atoms with van der Waals surface area (Å²) in [4.78, 5) is 15.1. The van der Waals surface area contributed by atoms with Crippen molar-refractivity contribution in [1.82, 2.24) is 0 Å². The summed E-state index contributed by atoms with van der Waals surface area (Å²) in [6.45, 7) is 2.00. The lowest BCUT2D eigenvalue weighted by Crippen LogP contribution is -2.43. The van der Waals surface area contributed by atoms with Crippen LogP contribution in [0, 0.1) is 6.92 Å². The summed E-state index contributed by atoms with van der Waals surface area (Å²) in [6.07, 6.45) is -0.427. The SMILES string of the molecule is COc1cc([C@H]2Nc3ccccc3C(=O)N2c2cccc(C)c2)ccc1O. The van der Waals surface area contributed by atoms with Crippen molar-refractivity contribution >= 4 is 17.3 Å². The van der Waals surface area contributed by atoms with Crippen LogP contribution in [-0.2, 0) is 0 Å². The number of amides is 1. The molecule has 5 nitrogen and oxygen atoms in total. The van der Waals surface area contributed by atoms with Crippen molar-refractivity contribution in [2.24, 2.45) is 0 Å². The molecule has 0 radical (unpaired) electrons. The van der Waals surface area contributed by atoms with E-state index in [1.807, 2.05) is 55.5 Å². The fraction of sp³-hybridized carbons (Fsp3) is 0.136. The van der Waals surface area contributed by atoms with E-state index in [0.717, 1.165) is 22.5 Å². The van der Waals surface area contributed by atoms with Crippen molar-refractivity contribution in [1.29, 1.82) is 0 Å². The average molecular weight is 360 g/mol. The minimum Gasteiger partial charge on any atom is -0.504 e. The molecule has 0 aliphatic carbocycles. The van der Waals surface area contributed by atoms with Crippen molar-refractivity contribution in [3.63, 3.8) is 0 Å². The topological polar surface area (TPSA) is 61.8 Å². The summed E-state index contributed by atoms with van der Waals surface area (Å²) in [5.74, 6) is 0.350. The number of anilines is 2. The number of phenols is 1. The first-order chi connectivity index (χ1) is 13.1. The number of carbonyl (C=O) groups is 1. The van der Waals surface area contributed by atoms with Crippen molar-refractivity contribution < 1.29 is 14.6 Å². The molecule has 0 aromatic heterocycles. The summed E-state index contributed by atoms with van der Waals surface area (Å²) >= 11 is 0. The predicted molar refractivity (Wildman–Crippen MR) is 105 cm³/mol. The van der Waals surface area contributed by atoms with E-state index < -0.39 is 6.17 Å². The fourth-order valence-electron chi connectivity index (χ4n) is 3.40. The molecule has 0 saturated heterocycles. The highest BCUT2D eigenvalue weighted by Crippen LogP contribution is 2.39. The van der Waals surface area contributed by atoms with E-state index >= 15 is 0 Å². The van der Waals surface area contributed by atoms with Gasteiger partial charge in [0.25, 0.3) is 5.91 Å². The maximum Gasteiger partial charge on any atom is 0.262 e. The Bertz CT molecular complexity index is 1020. The van der Waals surface area contributed by atoms with Gasteiger partial charge in [-0.2, -0.15) is 0 Å². The monoisotopic (exact) mass is 360 g/mol. The summed E-state index contributed by atoms with van der Waals surface area (Å²) in [6, 6.07) is 20.4. The number of rotatable bonds is 3. The molecule has 1 aliphatic heterocycles. The number of aromatic hydroxyl groups is 1. The van der Waals surface area contributed by atoms with Crippen molar-refractivity contribution in [3.05, 3.63) is 83.4 Å². The number of hydrogen-bond donors (Lipinski definition) is 2. The standard InChI is InChI=1S/C22H20N2O3/c1-14-6-5-7-16(12-14)24-21(15-10-11-19(25)20(13-15)27-2)23-18-9-4-3-8-17(18)22(24)26/h3-13,21,23,25H,1-2H3/t21-/m0/s1. The Kier molecular flexibility index (Phi) is 4.20. The molecule has 0 unspecified atom stereocenters. The average Bonchev–Trinajstić information content (AvgIpc) is 2.68. The van der Waals surface area contributed by atoms with E-state index in [2.05, 4.69) is 5.32 Å². The molecular weight excluding hydrogens is 340 g/mol. The lowest BCUT2D eigenvalue weighted by molar-refractivity contribution is 0.0975. The molecule has 27 heavy (non-hydrogen) atoms. The van der Waals surface area contributed by atoms with Gasteiger partial charge in [0.05, 0.1) is 12.7 Å². The molecule has 1 atom stereocenters. The van der Waals surface area contributed by atoms with E-state index in [9.17, 15) is 9.90 Å². The highest BCUT2D eigenvalue weighted by molar-refractivity contribution is 6.12. The second kappa shape index (κ2) is 6.68. The number of benzene rings is 3. The molecule has 0 spiro atoms. The summed E-state index contributed by atoms with van der Waals surface area (Å²) in [5, 5.41) is 13.4. The van der Waals surface area contributed by atoms with Crippen LogP contribution in [0.5, 0.6) is 11.5 Å². The number of para-hydroxylation sites is 1. The summed E-state index contributed by atoms with van der Waals surface area (Å²) in [5.41, 5.74) is 4.10. The highest BCUT2D eigenvalue weighted by Gasteiger charge is 2.34. The van der Waals surface area contributed by atoms with Crippen LogP contribution in [-0.4, -0.2) is 18.1 Å². The molecule has 0 bridgehead atoms. The Balaban J connectivity index is 1.88. The van der Waals surface area contributed by atoms with Gasteiger partial charge in [0.1, 0.15) is 6.17 Å². The lowest BCUT2D eigenvalue weighted by atomic mass is 10.0. The Hall–Kier alpha value is -3.47. The number of hydrogen-bond acceptors (Lipinski definition) is 4. The molecule has 3 aromatic rings. The first-order valence-corrected chi connectivity index (χ1v) is 8.71. The fourth-order valence-corrected chi connectivity index (χ4v) is 3.40. The molecule has 5 heteroatoms. The largest absolute Gasteiger partial charge is 0.504 e. The number of nitrogens with zero attached hydrogens (tertiary/aromatic N) is 1. The van der Waals surface area contributed by atoms with Gasteiger partial charge in [-0.25, -0.2) is 0 Å². The molecule has 136 valence electrons. The number of aryl methyl sites for hydroxylation is 1. The Morgan fingerprint density at radius 2 is 1.85 bits per heavy atom. The minimum absolute atomic E-state index is 0.0610. The van der Waals surface area contributed by atoms with Crippen molar-refractivity contribution in [3.8, 4) is 11.5 Å². The lowest BCUT2D eigenvalue weighted by Gasteiger charge is -2.38. The zero-order valence-electron chi connectivity index (χ0n) is 15.1. The predicted octanol–water partition coefficient (Wildman–Crippen LogP) is 4.48. The van der Waals surface area contributed by atoms with Gasteiger partial charge in [-0.15, -0.1) is 0 Å². The quantitative estimate of drug-likeness (QED) is 0.723. The number of carbonyl (C=O) groups excluding carboxylic acids is 1. The molecule has 0 fully saturated rings. The van der Waals surface area contributed by atoms with Crippen LogP contribution in [0.1, 0.15) is 27.7 Å². The van der Waals surface area contributed by atoms with Crippen LogP contribution in [0.3, 0.4) is 0 Å². The second-order valence-corrected chi connectivity index (χ2v) is 6.54. The number of ether oxygens (including phenoxy) is 1. The van der Waals surface area contributed by atoms with Gasteiger partial charge >= 0.3 is 0 Å². The van der Waals surface area contributed by atoms with E-state index in [0.29, 0.717) is 11.3 Å². The van der Waals surface area contributed by atoms with Crippen LogP contribution in [0.15, 0.2) is 66.7 Å². The minimum atomic E-state index is -0.427. The van der Waals surface area contributed by atoms with Crippen LogP contribution in [0.25, 0.3) is 0 Å². The molecule has 4 rings (SSSR count). The third-order valence-electron chi connectivity index (χ3n) is 4.73.